The maximum absolute atomic E-state index is 4.64. The van der Waals surface area contributed by atoms with E-state index in [1.165, 1.54) is 17.7 Å². The van der Waals surface area contributed by atoms with Gasteiger partial charge in [0.15, 0.2) is 5.17 Å². The van der Waals surface area contributed by atoms with Crippen LogP contribution in [0.4, 0.5) is 0 Å². The van der Waals surface area contributed by atoms with Crippen LogP contribution in [0.15, 0.2) is 22.5 Å². The Kier molecular flexibility index (Phi) is 5.13. The highest BCUT2D eigenvalue weighted by molar-refractivity contribution is 8.14. The minimum absolute atomic E-state index is 0.437. The van der Waals surface area contributed by atoms with Crippen LogP contribution in [0.2, 0.25) is 0 Å². The van der Waals surface area contributed by atoms with Crippen molar-refractivity contribution < 1.29 is 0 Å². The van der Waals surface area contributed by atoms with Gasteiger partial charge in [0.25, 0.3) is 0 Å². The number of nitrogens with one attached hydrogen (secondary N) is 1. The molecular weight excluding hydrogens is 260 g/mol. The third-order valence-corrected chi connectivity index (χ3v) is 5.64. The number of aliphatic imine (C=N–C) groups is 1. The predicted octanol–water partition coefficient (Wildman–Crippen LogP) is 4.31. The zero-order chi connectivity index (χ0) is 13.0. The Labute approximate surface area is 118 Å². The number of hydrogen-bond donors (Lipinski definition) is 1. The molecule has 1 aliphatic heterocycles. The number of nitrogens with zero attached hydrogens (tertiary/aromatic N) is 1. The second-order valence-corrected chi connectivity index (χ2v) is 7.25. The molecule has 0 aromatic carbocycles. The van der Waals surface area contributed by atoms with Crippen LogP contribution >= 0.6 is 23.1 Å². The smallest absolute Gasteiger partial charge is 0.157 e. The molecule has 0 bridgehead atoms. The number of thioether (sulfide) groups is 1. The number of rotatable bonds is 5. The molecular formula is C14H22N2S2. The summed E-state index contributed by atoms with van der Waals surface area (Å²) in [6, 6.07) is 4.79. The number of hydrogen-bond acceptors (Lipinski definition) is 4. The molecule has 0 radical (unpaired) electrons. The van der Waals surface area contributed by atoms with E-state index >= 15 is 0 Å². The highest BCUT2D eigenvalue weighted by Gasteiger charge is 2.24. The van der Waals surface area contributed by atoms with Gasteiger partial charge in [-0.25, -0.2) is 0 Å². The summed E-state index contributed by atoms with van der Waals surface area (Å²) in [7, 11) is 0. The van der Waals surface area contributed by atoms with Crippen LogP contribution in [0.25, 0.3) is 0 Å². The largest absolute Gasteiger partial charge is 0.357 e. The van der Waals surface area contributed by atoms with E-state index in [1.54, 1.807) is 0 Å². The maximum atomic E-state index is 4.64. The van der Waals surface area contributed by atoms with Crippen molar-refractivity contribution in [1.29, 1.82) is 0 Å². The minimum Gasteiger partial charge on any atom is -0.357 e. The van der Waals surface area contributed by atoms with Gasteiger partial charge in [0, 0.05) is 10.1 Å². The molecule has 0 aliphatic carbocycles. The number of amidine groups is 1. The lowest BCUT2D eigenvalue weighted by atomic mass is 10.1. The third-order valence-electron chi connectivity index (χ3n) is 3.18. The Hall–Kier alpha value is -0.480. The first kappa shape index (κ1) is 13.9. The van der Waals surface area contributed by atoms with Crippen molar-refractivity contribution in [2.45, 2.75) is 44.9 Å². The molecule has 2 rings (SSSR count). The highest BCUT2D eigenvalue weighted by atomic mass is 32.2. The van der Waals surface area contributed by atoms with Crippen LogP contribution in [0.5, 0.6) is 0 Å². The topological polar surface area (TPSA) is 24.4 Å². The van der Waals surface area contributed by atoms with Gasteiger partial charge in [-0.05, 0) is 23.8 Å². The molecule has 18 heavy (non-hydrogen) atoms. The van der Waals surface area contributed by atoms with Gasteiger partial charge < -0.3 is 5.32 Å². The van der Waals surface area contributed by atoms with E-state index in [0.29, 0.717) is 17.2 Å². The summed E-state index contributed by atoms with van der Waals surface area (Å²) in [6.45, 7) is 7.76. The molecule has 2 nitrogen and oxygen atoms in total. The van der Waals surface area contributed by atoms with Crippen LogP contribution in [0.1, 0.15) is 44.5 Å². The first-order chi connectivity index (χ1) is 8.70. The van der Waals surface area contributed by atoms with Crippen LogP contribution in [-0.2, 0) is 0 Å². The van der Waals surface area contributed by atoms with Crippen molar-refractivity contribution in [1.82, 2.24) is 5.32 Å². The van der Waals surface area contributed by atoms with E-state index in [1.807, 2.05) is 23.1 Å². The fourth-order valence-electron chi connectivity index (χ4n) is 2.03. The second kappa shape index (κ2) is 6.62. The Balaban J connectivity index is 1.94. The van der Waals surface area contributed by atoms with Crippen molar-refractivity contribution in [3.8, 4) is 0 Å². The summed E-state index contributed by atoms with van der Waals surface area (Å²) in [5.41, 5.74) is 0. The molecule has 0 fully saturated rings. The normalized spacial score (nSPS) is 21.1. The summed E-state index contributed by atoms with van der Waals surface area (Å²) in [5, 5.41) is 7.57. The van der Waals surface area contributed by atoms with Crippen molar-refractivity contribution >= 4 is 28.3 Å². The summed E-state index contributed by atoms with van der Waals surface area (Å²) in [4.78, 5) is 6.07. The predicted molar refractivity (Wildman–Crippen MR) is 83.6 cm³/mol. The minimum atomic E-state index is 0.437. The Morgan fingerprint density at radius 3 is 2.89 bits per heavy atom. The van der Waals surface area contributed by atoms with E-state index in [2.05, 4.69) is 48.6 Å². The molecule has 2 unspecified atom stereocenters. The molecule has 0 amide bonds. The molecule has 1 aromatic heterocycles. The molecule has 2 heterocycles. The van der Waals surface area contributed by atoms with E-state index < -0.39 is 0 Å². The molecule has 1 aliphatic rings. The van der Waals surface area contributed by atoms with Gasteiger partial charge >= 0.3 is 0 Å². The van der Waals surface area contributed by atoms with E-state index in [9.17, 15) is 0 Å². The van der Waals surface area contributed by atoms with Crippen LogP contribution in [0, 0.1) is 5.92 Å². The van der Waals surface area contributed by atoms with Gasteiger partial charge in [-0.15, -0.1) is 11.3 Å². The summed E-state index contributed by atoms with van der Waals surface area (Å²) >= 11 is 3.75. The van der Waals surface area contributed by atoms with Crippen molar-refractivity contribution in [3.05, 3.63) is 22.4 Å². The second-order valence-electron chi connectivity index (χ2n) is 5.05. The summed E-state index contributed by atoms with van der Waals surface area (Å²) in [6.07, 6.45) is 2.37. The van der Waals surface area contributed by atoms with Crippen molar-refractivity contribution in [2.75, 3.05) is 6.54 Å². The molecule has 1 N–H and O–H groups in total. The van der Waals surface area contributed by atoms with Crippen LogP contribution in [-0.4, -0.2) is 17.0 Å². The summed E-state index contributed by atoms with van der Waals surface area (Å²) in [5.74, 6) is 0.699. The summed E-state index contributed by atoms with van der Waals surface area (Å²) < 4.78 is 0. The van der Waals surface area contributed by atoms with Gasteiger partial charge in [0.2, 0.25) is 0 Å². The Morgan fingerprint density at radius 2 is 2.33 bits per heavy atom. The average Bonchev–Trinajstić information content (AvgIpc) is 2.99. The zero-order valence-electron chi connectivity index (χ0n) is 11.3. The molecule has 0 saturated carbocycles. The lowest BCUT2D eigenvalue weighted by molar-refractivity contribution is 0.593. The average molecular weight is 282 g/mol. The lowest BCUT2D eigenvalue weighted by Gasteiger charge is -2.18. The third kappa shape index (κ3) is 3.51. The standard InChI is InChI=1S/C14H22N2S2/c1-4-6-11(12-7-5-8-17-12)16-14-15-9-13(18-14)10(2)3/h5,7-8,10-11,13H,4,6,9H2,1-3H3,(H,15,16). The van der Waals surface area contributed by atoms with Crippen molar-refractivity contribution in [2.24, 2.45) is 10.9 Å². The number of thiophene rings is 1. The van der Waals surface area contributed by atoms with Crippen molar-refractivity contribution in [3.63, 3.8) is 0 Å². The Bertz CT molecular complexity index is 385. The Morgan fingerprint density at radius 1 is 1.50 bits per heavy atom. The molecule has 0 spiro atoms. The molecule has 1 aromatic rings. The monoisotopic (exact) mass is 282 g/mol. The first-order valence-corrected chi connectivity index (χ1v) is 8.47. The SMILES string of the molecule is CCCC(NC1=NCC(C(C)C)S1)c1cccs1. The first-order valence-electron chi connectivity index (χ1n) is 6.71. The van der Waals surface area contributed by atoms with Gasteiger partial charge in [-0.3, -0.25) is 4.99 Å². The van der Waals surface area contributed by atoms with E-state index in [4.69, 9.17) is 0 Å². The van der Waals surface area contributed by atoms with Gasteiger partial charge in [-0.1, -0.05) is 45.0 Å². The quantitative estimate of drug-likeness (QED) is 0.870. The lowest BCUT2D eigenvalue weighted by Crippen LogP contribution is -2.25. The fourth-order valence-corrected chi connectivity index (χ4v) is 3.91. The highest BCUT2D eigenvalue weighted by Crippen LogP contribution is 2.29. The van der Waals surface area contributed by atoms with Crippen LogP contribution < -0.4 is 5.32 Å². The molecule has 100 valence electrons. The van der Waals surface area contributed by atoms with Gasteiger partial charge in [-0.2, -0.15) is 0 Å². The molecule has 4 heteroatoms. The molecule has 0 saturated heterocycles. The zero-order valence-corrected chi connectivity index (χ0v) is 13.0. The van der Waals surface area contributed by atoms with Gasteiger partial charge in [0.1, 0.15) is 0 Å². The maximum Gasteiger partial charge on any atom is 0.157 e. The van der Waals surface area contributed by atoms with E-state index in [-0.39, 0.29) is 0 Å². The van der Waals surface area contributed by atoms with E-state index in [0.717, 1.165) is 11.7 Å². The molecule has 2 atom stereocenters. The fraction of sp³-hybridized carbons (Fsp3) is 0.643. The van der Waals surface area contributed by atoms with Gasteiger partial charge in [0.05, 0.1) is 12.6 Å². The van der Waals surface area contributed by atoms with Crippen LogP contribution in [0.3, 0.4) is 0 Å².